The van der Waals surface area contributed by atoms with Crippen molar-refractivity contribution in [2.45, 2.75) is 32.0 Å². The third kappa shape index (κ3) is 5.63. The van der Waals surface area contributed by atoms with Gasteiger partial charge in [-0.25, -0.2) is 0 Å². The van der Waals surface area contributed by atoms with Crippen molar-refractivity contribution in [3.63, 3.8) is 0 Å². The summed E-state index contributed by atoms with van der Waals surface area (Å²) >= 11 is 5.78. The Kier molecular flexibility index (Phi) is 6.02. The van der Waals surface area contributed by atoms with Gasteiger partial charge in [0.15, 0.2) is 6.10 Å². The molecule has 0 saturated heterocycles. The van der Waals surface area contributed by atoms with E-state index < -0.39 is 29.4 Å². The molecular weight excluding hydrogens is 409 g/mol. The maximum atomic E-state index is 13.5. The zero-order valence-corrected chi connectivity index (χ0v) is 16.1. The molecule has 0 aromatic heterocycles. The van der Waals surface area contributed by atoms with Gasteiger partial charge >= 0.3 is 6.18 Å². The molecule has 1 fully saturated rings. The summed E-state index contributed by atoms with van der Waals surface area (Å²) in [7, 11) is 0. The molecule has 2 amide bonds. The predicted octanol–water partition coefficient (Wildman–Crippen LogP) is 5.11. The lowest BCUT2D eigenvalue weighted by molar-refractivity contribution is -0.137. The van der Waals surface area contributed by atoms with Crippen molar-refractivity contribution >= 4 is 34.8 Å². The van der Waals surface area contributed by atoms with Crippen molar-refractivity contribution in [3.8, 4) is 5.75 Å². The summed E-state index contributed by atoms with van der Waals surface area (Å²) in [6.45, 7) is 1.42. The molecule has 29 heavy (non-hydrogen) atoms. The number of ether oxygens (including phenoxy) is 1. The number of anilines is 2. The first-order valence-electron chi connectivity index (χ1n) is 8.88. The first kappa shape index (κ1) is 21.0. The second kappa shape index (κ2) is 8.32. The van der Waals surface area contributed by atoms with Crippen molar-refractivity contribution in [3.05, 3.63) is 53.1 Å². The van der Waals surface area contributed by atoms with Gasteiger partial charge in [-0.2, -0.15) is 13.2 Å². The van der Waals surface area contributed by atoms with Crippen molar-refractivity contribution < 1.29 is 27.5 Å². The normalized spacial score (nSPS) is 14.8. The number of benzene rings is 2. The Morgan fingerprint density at radius 1 is 1.10 bits per heavy atom. The third-order valence-corrected chi connectivity index (χ3v) is 4.55. The summed E-state index contributed by atoms with van der Waals surface area (Å²) in [6.07, 6.45) is -4.30. The zero-order chi connectivity index (χ0) is 21.2. The number of carbonyl (C=O) groups excluding carboxylic acids is 2. The van der Waals surface area contributed by atoms with Crippen molar-refractivity contribution in [2.24, 2.45) is 5.92 Å². The smallest absolute Gasteiger partial charge is 0.418 e. The molecule has 1 saturated carbocycles. The minimum atomic E-state index is -4.72. The highest BCUT2D eigenvalue weighted by molar-refractivity contribution is 6.30. The fourth-order valence-electron chi connectivity index (χ4n) is 2.56. The molecule has 1 aliphatic rings. The van der Waals surface area contributed by atoms with Crippen LogP contribution in [0.15, 0.2) is 42.5 Å². The molecule has 154 valence electrons. The summed E-state index contributed by atoms with van der Waals surface area (Å²) in [5.41, 5.74) is -1.45. The molecule has 2 aromatic rings. The second-order valence-electron chi connectivity index (χ2n) is 6.72. The van der Waals surface area contributed by atoms with Gasteiger partial charge in [0.2, 0.25) is 5.91 Å². The lowest BCUT2D eigenvalue weighted by Crippen LogP contribution is -2.31. The number of amides is 2. The number of hydrogen-bond donors (Lipinski definition) is 2. The van der Waals surface area contributed by atoms with Crippen molar-refractivity contribution in [2.75, 3.05) is 10.6 Å². The van der Waals surface area contributed by atoms with Crippen LogP contribution in [0.5, 0.6) is 5.75 Å². The quantitative estimate of drug-likeness (QED) is 0.674. The van der Waals surface area contributed by atoms with Crippen LogP contribution in [0.3, 0.4) is 0 Å². The maximum absolute atomic E-state index is 13.5. The fourth-order valence-corrected chi connectivity index (χ4v) is 2.69. The maximum Gasteiger partial charge on any atom is 0.418 e. The van der Waals surface area contributed by atoms with Gasteiger partial charge in [-0.15, -0.1) is 0 Å². The number of nitrogens with one attached hydrogen (secondary N) is 2. The molecule has 1 aliphatic carbocycles. The van der Waals surface area contributed by atoms with Crippen LogP contribution in [0.4, 0.5) is 24.5 Å². The van der Waals surface area contributed by atoms with E-state index in [-0.39, 0.29) is 17.5 Å². The minimum absolute atomic E-state index is 0.0256. The number of alkyl halides is 3. The molecule has 1 atom stereocenters. The van der Waals surface area contributed by atoms with Gasteiger partial charge in [0, 0.05) is 16.6 Å². The van der Waals surface area contributed by atoms with Crippen LogP contribution in [0.1, 0.15) is 25.3 Å². The molecule has 0 bridgehead atoms. The van der Waals surface area contributed by atoms with Crippen LogP contribution in [0.25, 0.3) is 0 Å². The zero-order valence-electron chi connectivity index (χ0n) is 15.3. The number of rotatable bonds is 6. The molecule has 0 radical (unpaired) electrons. The van der Waals surface area contributed by atoms with Gasteiger partial charge < -0.3 is 15.4 Å². The van der Waals surface area contributed by atoms with Gasteiger partial charge in [0.25, 0.3) is 5.91 Å². The molecule has 0 aliphatic heterocycles. The Morgan fingerprint density at radius 3 is 2.34 bits per heavy atom. The Balaban J connectivity index is 1.73. The molecule has 0 heterocycles. The topological polar surface area (TPSA) is 67.4 Å². The molecule has 2 aromatic carbocycles. The Bertz CT molecular complexity index is 912. The van der Waals surface area contributed by atoms with E-state index in [4.69, 9.17) is 16.3 Å². The van der Waals surface area contributed by atoms with E-state index in [1.54, 1.807) is 24.3 Å². The lowest BCUT2D eigenvalue weighted by Gasteiger charge is -2.18. The van der Waals surface area contributed by atoms with Gasteiger partial charge in [-0.3, -0.25) is 9.59 Å². The highest BCUT2D eigenvalue weighted by Gasteiger charge is 2.35. The van der Waals surface area contributed by atoms with Crippen LogP contribution >= 0.6 is 11.6 Å². The average Bonchev–Trinajstić information content (AvgIpc) is 3.49. The van der Waals surface area contributed by atoms with E-state index in [1.807, 2.05) is 0 Å². The predicted molar refractivity (Wildman–Crippen MR) is 103 cm³/mol. The Morgan fingerprint density at radius 2 is 1.76 bits per heavy atom. The second-order valence-corrected chi connectivity index (χ2v) is 7.16. The largest absolute Gasteiger partial charge is 0.481 e. The molecule has 3 rings (SSSR count). The van der Waals surface area contributed by atoms with Crippen LogP contribution < -0.4 is 15.4 Å². The van der Waals surface area contributed by atoms with Gasteiger partial charge in [-0.1, -0.05) is 11.6 Å². The first-order valence-corrected chi connectivity index (χ1v) is 9.26. The van der Waals surface area contributed by atoms with Crippen molar-refractivity contribution in [1.29, 1.82) is 0 Å². The summed E-state index contributed by atoms with van der Waals surface area (Å²) in [5, 5.41) is 5.20. The van der Waals surface area contributed by atoms with E-state index in [2.05, 4.69) is 10.6 Å². The number of hydrogen-bond acceptors (Lipinski definition) is 3. The number of carbonyl (C=O) groups is 2. The van der Waals surface area contributed by atoms with E-state index in [0.717, 1.165) is 25.0 Å². The van der Waals surface area contributed by atoms with Crippen LogP contribution in [0.2, 0.25) is 5.02 Å². The molecule has 0 unspecified atom stereocenters. The van der Waals surface area contributed by atoms with E-state index in [0.29, 0.717) is 10.8 Å². The molecular formula is C20H18ClF3N2O3. The Labute approximate surface area is 170 Å². The van der Waals surface area contributed by atoms with E-state index in [9.17, 15) is 22.8 Å². The third-order valence-electron chi connectivity index (χ3n) is 4.29. The molecule has 2 N–H and O–H groups in total. The van der Waals surface area contributed by atoms with Crippen LogP contribution in [-0.4, -0.2) is 17.9 Å². The highest BCUT2D eigenvalue weighted by atomic mass is 35.5. The first-order chi connectivity index (χ1) is 13.6. The van der Waals surface area contributed by atoms with Crippen LogP contribution in [0, 0.1) is 5.92 Å². The summed E-state index contributed by atoms with van der Waals surface area (Å²) in [6, 6.07) is 9.46. The number of halogens is 4. The highest BCUT2D eigenvalue weighted by Crippen LogP contribution is 2.37. The van der Waals surface area contributed by atoms with Gasteiger partial charge in [0.1, 0.15) is 5.75 Å². The molecule has 0 spiro atoms. The fraction of sp³-hybridized carbons (Fsp3) is 0.300. The van der Waals surface area contributed by atoms with Gasteiger partial charge in [0.05, 0.1) is 11.3 Å². The Hall–Kier alpha value is -2.74. The van der Waals surface area contributed by atoms with Crippen molar-refractivity contribution in [1.82, 2.24) is 0 Å². The summed E-state index contributed by atoms with van der Waals surface area (Å²) in [4.78, 5) is 24.1. The lowest BCUT2D eigenvalue weighted by atomic mass is 10.1. The SMILES string of the molecule is C[C@H](Oc1ccc(Cl)cc1)C(=O)Nc1ccc(NC(=O)C2CC2)cc1C(F)(F)F. The van der Waals surface area contributed by atoms with E-state index >= 15 is 0 Å². The average molecular weight is 427 g/mol. The standard InChI is InChI=1S/C20H18ClF3N2O3/c1-11(29-15-7-4-13(21)5-8-15)18(27)26-17-9-6-14(10-16(17)20(22,23)24)25-19(28)12-2-3-12/h4-12H,2-3H2,1H3,(H,25,28)(H,26,27)/t11-/m0/s1. The van der Waals surface area contributed by atoms with Crippen LogP contribution in [-0.2, 0) is 15.8 Å². The molecule has 9 heteroatoms. The molecule has 5 nitrogen and oxygen atoms in total. The monoisotopic (exact) mass is 426 g/mol. The summed E-state index contributed by atoms with van der Waals surface area (Å²) in [5.74, 6) is -0.846. The van der Waals surface area contributed by atoms with Gasteiger partial charge in [-0.05, 0) is 62.2 Å². The minimum Gasteiger partial charge on any atom is -0.481 e. The summed E-state index contributed by atoms with van der Waals surface area (Å²) < 4.78 is 45.8. The van der Waals surface area contributed by atoms with E-state index in [1.165, 1.54) is 13.0 Å².